The highest BCUT2D eigenvalue weighted by Gasteiger charge is 2.19. The monoisotopic (exact) mass is 295 g/mol. The molecule has 0 spiro atoms. The molecule has 0 aliphatic carbocycles. The van der Waals surface area contributed by atoms with Gasteiger partial charge in [0.1, 0.15) is 5.75 Å². The highest BCUT2D eigenvalue weighted by Crippen LogP contribution is 2.21. The first-order valence-electron chi connectivity index (χ1n) is 7.11. The number of hydrazone groups is 1. The molecule has 0 saturated heterocycles. The number of amides is 1. The average Bonchev–Trinajstić information content (AvgIpc) is 2.91. The van der Waals surface area contributed by atoms with E-state index in [-0.39, 0.29) is 11.7 Å². The summed E-state index contributed by atoms with van der Waals surface area (Å²) in [4.78, 5) is 14.0. The third-order valence-corrected chi connectivity index (χ3v) is 3.57. The molecule has 0 saturated carbocycles. The van der Waals surface area contributed by atoms with Crippen LogP contribution in [-0.2, 0) is 17.9 Å². The average molecular weight is 295 g/mol. The van der Waals surface area contributed by atoms with E-state index >= 15 is 0 Å². The van der Waals surface area contributed by atoms with Gasteiger partial charge in [0.25, 0.3) is 5.91 Å². The summed E-state index contributed by atoms with van der Waals surface area (Å²) >= 11 is 0. The van der Waals surface area contributed by atoms with Crippen molar-refractivity contribution < 1.29 is 9.90 Å². The number of benzene rings is 2. The Bertz CT molecular complexity index is 670. The molecule has 2 N–H and O–H groups in total. The molecule has 1 heterocycles. The fraction of sp³-hybridized carbons (Fsp3) is 0.176. The minimum absolute atomic E-state index is 0.136. The van der Waals surface area contributed by atoms with E-state index in [9.17, 15) is 9.90 Å². The van der Waals surface area contributed by atoms with Crippen LogP contribution in [-0.4, -0.2) is 28.7 Å². The van der Waals surface area contributed by atoms with Crippen LogP contribution in [0.4, 0.5) is 0 Å². The molecule has 0 radical (unpaired) electrons. The van der Waals surface area contributed by atoms with Gasteiger partial charge >= 0.3 is 0 Å². The number of phenols is 1. The third kappa shape index (κ3) is 3.51. The number of carbonyl (C=O) groups excluding carboxylic acids is 1. The van der Waals surface area contributed by atoms with Crippen molar-refractivity contribution in [2.24, 2.45) is 5.10 Å². The van der Waals surface area contributed by atoms with Crippen molar-refractivity contribution in [3.8, 4) is 5.75 Å². The zero-order valence-electron chi connectivity index (χ0n) is 12.1. The molecular weight excluding hydrogens is 278 g/mol. The molecule has 0 bridgehead atoms. The van der Waals surface area contributed by atoms with Gasteiger partial charge < -0.3 is 5.11 Å². The standard InChI is InChI=1S/C17H17N3O2/c21-16-7-5-13(6-8-16)9-18-19-17(22)12-20-10-14-3-1-2-4-15(14)11-20/h1-9,21H,10-12H2,(H,19,22)/b18-9-. The fourth-order valence-corrected chi connectivity index (χ4v) is 2.49. The van der Waals surface area contributed by atoms with E-state index in [4.69, 9.17) is 0 Å². The minimum Gasteiger partial charge on any atom is -0.508 e. The van der Waals surface area contributed by atoms with E-state index in [1.165, 1.54) is 11.1 Å². The number of carbonyl (C=O) groups is 1. The maximum Gasteiger partial charge on any atom is 0.254 e. The molecule has 1 amide bonds. The highest BCUT2D eigenvalue weighted by molar-refractivity contribution is 5.83. The second-order valence-corrected chi connectivity index (χ2v) is 5.30. The zero-order chi connectivity index (χ0) is 15.4. The van der Waals surface area contributed by atoms with Crippen molar-refractivity contribution in [3.05, 3.63) is 65.2 Å². The van der Waals surface area contributed by atoms with Crippen molar-refractivity contribution in [1.29, 1.82) is 0 Å². The molecule has 0 atom stereocenters. The van der Waals surface area contributed by atoms with Crippen LogP contribution in [0.25, 0.3) is 0 Å². The Morgan fingerprint density at radius 1 is 1.14 bits per heavy atom. The summed E-state index contributed by atoms with van der Waals surface area (Å²) in [6.07, 6.45) is 1.55. The van der Waals surface area contributed by atoms with Crippen molar-refractivity contribution in [2.75, 3.05) is 6.54 Å². The predicted octanol–water partition coefficient (Wildman–Crippen LogP) is 1.86. The van der Waals surface area contributed by atoms with Gasteiger partial charge in [0.15, 0.2) is 0 Å². The molecule has 2 aromatic rings. The van der Waals surface area contributed by atoms with Crippen LogP contribution in [0, 0.1) is 0 Å². The second-order valence-electron chi connectivity index (χ2n) is 5.30. The number of nitrogens with one attached hydrogen (secondary N) is 1. The van der Waals surface area contributed by atoms with Gasteiger partial charge in [0, 0.05) is 13.1 Å². The molecule has 0 fully saturated rings. The number of rotatable bonds is 4. The first kappa shape index (κ1) is 14.3. The van der Waals surface area contributed by atoms with E-state index in [1.54, 1.807) is 30.5 Å². The number of fused-ring (bicyclic) bond motifs is 1. The van der Waals surface area contributed by atoms with Gasteiger partial charge in [-0.1, -0.05) is 24.3 Å². The molecule has 5 heteroatoms. The number of nitrogens with zero attached hydrogens (tertiary/aromatic N) is 2. The van der Waals surface area contributed by atoms with E-state index in [2.05, 4.69) is 27.6 Å². The van der Waals surface area contributed by atoms with Gasteiger partial charge in [0.05, 0.1) is 12.8 Å². The van der Waals surface area contributed by atoms with Crippen LogP contribution in [0.1, 0.15) is 16.7 Å². The molecule has 5 nitrogen and oxygen atoms in total. The van der Waals surface area contributed by atoms with Crippen LogP contribution in [0.5, 0.6) is 5.75 Å². The summed E-state index contributed by atoms with van der Waals surface area (Å²) in [5.74, 6) is 0.0672. The lowest BCUT2D eigenvalue weighted by Crippen LogP contribution is -2.32. The lowest BCUT2D eigenvalue weighted by Gasteiger charge is -2.12. The first-order chi connectivity index (χ1) is 10.7. The lowest BCUT2D eigenvalue weighted by atomic mass is 10.1. The summed E-state index contributed by atoms with van der Waals surface area (Å²) in [6, 6.07) is 14.8. The van der Waals surface area contributed by atoms with Crippen molar-refractivity contribution in [2.45, 2.75) is 13.1 Å². The van der Waals surface area contributed by atoms with Crippen LogP contribution in [0.3, 0.4) is 0 Å². The lowest BCUT2D eigenvalue weighted by molar-refractivity contribution is -0.122. The van der Waals surface area contributed by atoms with Gasteiger partial charge in [-0.3, -0.25) is 9.69 Å². The van der Waals surface area contributed by atoms with Gasteiger partial charge in [-0.05, 0) is 41.0 Å². The Balaban J connectivity index is 1.48. The van der Waals surface area contributed by atoms with E-state index in [0.717, 1.165) is 18.7 Å². The highest BCUT2D eigenvalue weighted by atomic mass is 16.3. The first-order valence-corrected chi connectivity index (χ1v) is 7.11. The Morgan fingerprint density at radius 3 is 2.41 bits per heavy atom. The molecule has 112 valence electrons. The van der Waals surface area contributed by atoms with Gasteiger partial charge in [-0.15, -0.1) is 0 Å². The minimum atomic E-state index is -0.136. The summed E-state index contributed by atoms with van der Waals surface area (Å²) in [6.45, 7) is 1.91. The van der Waals surface area contributed by atoms with Crippen LogP contribution in [0.2, 0.25) is 0 Å². The summed E-state index contributed by atoms with van der Waals surface area (Å²) in [5.41, 5.74) is 5.90. The van der Waals surface area contributed by atoms with Crippen LogP contribution >= 0.6 is 0 Å². The van der Waals surface area contributed by atoms with Gasteiger partial charge in [0.2, 0.25) is 0 Å². The molecule has 0 unspecified atom stereocenters. The molecule has 1 aliphatic heterocycles. The SMILES string of the molecule is O=C(CN1Cc2ccccc2C1)N/N=C\c1ccc(O)cc1. The van der Waals surface area contributed by atoms with E-state index < -0.39 is 0 Å². The quantitative estimate of drug-likeness (QED) is 0.668. The van der Waals surface area contributed by atoms with Gasteiger partial charge in [-0.2, -0.15) is 5.10 Å². The van der Waals surface area contributed by atoms with Crippen molar-refractivity contribution in [1.82, 2.24) is 10.3 Å². The smallest absolute Gasteiger partial charge is 0.254 e. The number of hydrogen-bond donors (Lipinski definition) is 2. The molecular formula is C17H17N3O2. The topological polar surface area (TPSA) is 64.9 Å². The fourth-order valence-electron chi connectivity index (χ4n) is 2.49. The maximum absolute atomic E-state index is 11.9. The van der Waals surface area contributed by atoms with E-state index in [0.29, 0.717) is 6.54 Å². The Hall–Kier alpha value is -2.66. The molecule has 1 aliphatic rings. The summed E-state index contributed by atoms with van der Waals surface area (Å²) in [7, 11) is 0. The molecule has 0 aromatic heterocycles. The van der Waals surface area contributed by atoms with Crippen molar-refractivity contribution >= 4 is 12.1 Å². The van der Waals surface area contributed by atoms with Crippen molar-refractivity contribution in [3.63, 3.8) is 0 Å². The number of hydrogen-bond acceptors (Lipinski definition) is 4. The Kier molecular flexibility index (Phi) is 4.16. The predicted molar refractivity (Wildman–Crippen MR) is 84.4 cm³/mol. The second kappa shape index (κ2) is 6.41. The molecule has 2 aromatic carbocycles. The third-order valence-electron chi connectivity index (χ3n) is 3.57. The van der Waals surface area contributed by atoms with Gasteiger partial charge in [-0.25, -0.2) is 5.43 Å². The maximum atomic E-state index is 11.9. The summed E-state index contributed by atoms with van der Waals surface area (Å²) in [5, 5.41) is 13.1. The largest absolute Gasteiger partial charge is 0.508 e. The van der Waals surface area contributed by atoms with Crippen LogP contribution in [0.15, 0.2) is 53.6 Å². The molecule has 22 heavy (non-hydrogen) atoms. The number of aromatic hydroxyl groups is 1. The number of phenolic OH excluding ortho intramolecular Hbond substituents is 1. The van der Waals surface area contributed by atoms with Crippen LogP contribution < -0.4 is 5.43 Å². The molecule has 3 rings (SSSR count). The Morgan fingerprint density at radius 2 is 1.77 bits per heavy atom. The zero-order valence-corrected chi connectivity index (χ0v) is 12.1. The summed E-state index contributed by atoms with van der Waals surface area (Å²) < 4.78 is 0. The normalized spacial score (nSPS) is 14.2. The van der Waals surface area contributed by atoms with E-state index in [1.807, 2.05) is 12.1 Å². The Labute approximate surface area is 128 Å².